The van der Waals surface area contributed by atoms with E-state index in [1.54, 1.807) is 0 Å². The molecule has 98 valence electrons. The second-order valence-corrected chi connectivity index (χ2v) is 5.17. The smallest absolute Gasteiger partial charge is 0.285 e. The molecule has 0 saturated carbocycles. The van der Waals surface area contributed by atoms with Crippen molar-refractivity contribution in [3.8, 4) is 0 Å². The molecule has 0 radical (unpaired) electrons. The second kappa shape index (κ2) is 5.10. The van der Waals surface area contributed by atoms with E-state index < -0.39 is 26.3 Å². The Morgan fingerprint density at radius 1 is 1.39 bits per heavy atom. The van der Waals surface area contributed by atoms with E-state index in [2.05, 4.69) is 0 Å². The van der Waals surface area contributed by atoms with Crippen molar-refractivity contribution < 1.29 is 22.7 Å². The summed E-state index contributed by atoms with van der Waals surface area (Å²) in [6.07, 6.45) is 0. The molecule has 2 N–H and O–H groups in total. The SMILES string of the molecule is CC(NC(=O)c1ccc([N+](=O)[O-])cc1)S(=O)(=O)O. The molecule has 8 nitrogen and oxygen atoms in total. The minimum Gasteiger partial charge on any atom is -0.334 e. The quantitative estimate of drug-likeness (QED) is 0.469. The van der Waals surface area contributed by atoms with Crippen LogP contribution in [0.15, 0.2) is 24.3 Å². The molecule has 0 fully saturated rings. The predicted octanol–water partition coefficient (Wildman–Crippen LogP) is 0.558. The Kier molecular flexibility index (Phi) is 3.99. The second-order valence-electron chi connectivity index (χ2n) is 3.43. The number of nitro groups is 1. The molecule has 1 unspecified atom stereocenters. The molecule has 0 bridgehead atoms. The molecule has 1 rings (SSSR count). The highest BCUT2D eigenvalue weighted by Gasteiger charge is 2.20. The van der Waals surface area contributed by atoms with Gasteiger partial charge in [0.05, 0.1) is 4.92 Å². The van der Waals surface area contributed by atoms with Gasteiger partial charge in [-0.05, 0) is 19.1 Å². The number of hydrogen-bond donors (Lipinski definition) is 2. The largest absolute Gasteiger partial charge is 0.334 e. The number of nitro benzene ring substituents is 1. The minimum absolute atomic E-state index is 0.0519. The van der Waals surface area contributed by atoms with Gasteiger partial charge < -0.3 is 5.32 Å². The van der Waals surface area contributed by atoms with Gasteiger partial charge >= 0.3 is 0 Å². The lowest BCUT2D eigenvalue weighted by atomic mass is 10.2. The van der Waals surface area contributed by atoms with Crippen LogP contribution >= 0.6 is 0 Å². The number of hydrogen-bond acceptors (Lipinski definition) is 5. The average Bonchev–Trinajstić information content (AvgIpc) is 2.27. The van der Waals surface area contributed by atoms with Gasteiger partial charge in [0.25, 0.3) is 21.7 Å². The average molecular weight is 274 g/mol. The summed E-state index contributed by atoms with van der Waals surface area (Å²) in [7, 11) is -4.37. The first-order chi connectivity index (χ1) is 8.21. The van der Waals surface area contributed by atoms with Crippen LogP contribution in [0.4, 0.5) is 5.69 Å². The van der Waals surface area contributed by atoms with Crippen molar-refractivity contribution in [1.82, 2.24) is 5.32 Å². The van der Waals surface area contributed by atoms with Crippen molar-refractivity contribution in [2.75, 3.05) is 0 Å². The first-order valence-electron chi connectivity index (χ1n) is 4.73. The Morgan fingerprint density at radius 3 is 2.28 bits per heavy atom. The zero-order chi connectivity index (χ0) is 13.9. The molecule has 0 aliphatic heterocycles. The first kappa shape index (κ1) is 14.1. The van der Waals surface area contributed by atoms with E-state index in [4.69, 9.17) is 4.55 Å². The van der Waals surface area contributed by atoms with Crippen molar-refractivity contribution in [2.24, 2.45) is 0 Å². The van der Waals surface area contributed by atoms with Crippen LogP contribution < -0.4 is 5.32 Å². The highest BCUT2D eigenvalue weighted by molar-refractivity contribution is 7.86. The van der Waals surface area contributed by atoms with Crippen LogP contribution in [0.2, 0.25) is 0 Å². The fourth-order valence-electron chi connectivity index (χ4n) is 1.08. The van der Waals surface area contributed by atoms with Crippen LogP contribution in [0.3, 0.4) is 0 Å². The zero-order valence-corrected chi connectivity index (χ0v) is 10.0. The number of non-ortho nitro benzene ring substituents is 1. The molecule has 0 aromatic heterocycles. The third-order valence-electron chi connectivity index (χ3n) is 2.12. The number of benzene rings is 1. The van der Waals surface area contributed by atoms with Crippen molar-refractivity contribution in [1.29, 1.82) is 0 Å². The number of amides is 1. The number of carbonyl (C=O) groups is 1. The van der Waals surface area contributed by atoms with E-state index >= 15 is 0 Å². The molecule has 0 saturated heterocycles. The molecule has 9 heteroatoms. The maximum Gasteiger partial charge on any atom is 0.285 e. The van der Waals surface area contributed by atoms with E-state index in [9.17, 15) is 23.3 Å². The van der Waals surface area contributed by atoms with Gasteiger partial charge in [-0.15, -0.1) is 0 Å². The summed E-state index contributed by atoms with van der Waals surface area (Å²) in [6, 6.07) is 4.61. The molecule has 0 aliphatic carbocycles. The van der Waals surface area contributed by atoms with Crippen LogP contribution in [0.5, 0.6) is 0 Å². The fourth-order valence-corrected chi connectivity index (χ4v) is 1.33. The van der Waals surface area contributed by atoms with E-state index in [0.717, 1.165) is 19.1 Å². The van der Waals surface area contributed by atoms with E-state index in [1.165, 1.54) is 12.1 Å². The molecule has 0 aliphatic rings. The van der Waals surface area contributed by atoms with Gasteiger partial charge in [0.2, 0.25) is 0 Å². The number of carbonyl (C=O) groups excluding carboxylic acids is 1. The number of nitrogens with one attached hydrogen (secondary N) is 1. The molecular formula is C9H10N2O6S. The molecule has 1 atom stereocenters. The maximum atomic E-state index is 11.5. The van der Waals surface area contributed by atoms with Crippen LogP contribution in [0.1, 0.15) is 17.3 Å². The van der Waals surface area contributed by atoms with Crippen molar-refractivity contribution in [2.45, 2.75) is 12.3 Å². The summed E-state index contributed by atoms with van der Waals surface area (Å²) in [5, 5.41) is 11.0. The lowest BCUT2D eigenvalue weighted by Crippen LogP contribution is -2.38. The summed E-state index contributed by atoms with van der Waals surface area (Å²) in [5.41, 5.74) is -0.134. The monoisotopic (exact) mass is 274 g/mol. The Hall–Kier alpha value is -2.00. The molecule has 1 amide bonds. The standard InChI is InChI=1S/C9H10N2O6S/c1-6(18(15,16)17)10-9(12)7-2-4-8(5-3-7)11(13)14/h2-6H,1H3,(H,10,12)(H,15,16,17). The number of nitrogens with zero attached hydrogens (tertiary/aromatic N) is 1. The van der Waals surface area contributed by atoms with Crippen molar-refractivity contribution in [3.05, 3.63) is 39.9 Å². The van der Waals surface area contributed by atoms with E-state index in [1.807, 2.05) is 5.32 Å². The normalized spacial score (nSPS) is 12.8. The molecule has 0 spiro atoms. The highest BCUT2D eigenvalue weighted by Crippen LogP contribution is 2.12. The van der Waals surface area contributed by atoms with Gasteiger partial charge in [-0.2, -0.15) is 8.42 Å². The van der Waals surface area contributed by atoms with Gasteiger partial charge in [0.15, 0.2) is 5.37 Å². The topological polar surface area (TPSA) is 127 Å². The Balaban J connectivity index is 2.83. The fraction of sp³-hybridized carbons (Fsp3) is 0.222. The molecule has 1 aromatic carbocycles. The van der Waals surface area contributed by atoms with E-state index in [-0.39, 0.29) is 11.3 Å². The summed E-state index contributed by atoms with van der Waals surface area (Å²) in [5.74, 6) is -0.755. The first-order valence-corrected chi connectivity index (χ1v) is 6.24. The highest BCUT2D eigenvalue weighted by atomic mass is 32.2. The van der Waals surface area contributed by atoms with E-state index in [0.29, 0.717) is 0 Å². The van der Waals surface area contributed by atoms with Gasteiger partial charge in [0.1, 0.15) is 0 Å². The van der Waals surface area contributed by atoms with Crippen LogP contribution in [-0.4, -0.2) is 29.2 Å². The Bertz CT molecular complexity index is 565. The summed E-state index contributed by atoms with van der Waals surface area (Å²) >= 11 is 0. The minimum atomic E-state index is -4.37. The Morgan fingerprint density at radius 2 is 1.89 bits per heavy atom. The van der Waals surface area contributed by atoms with Gasteiger partial charge in [-0.3, -0.25) is 19.5 Å². The number of rotatable bonds is 4. The zero-order valence-electron chi connectivity index (χ0n) is 9.23. The summed E-state index contributed by atoms with van der Waals surface area (Å²) < 4.78 is 30.1. The van der Waals surface area contributed by atoms with Gasteiger partial charge in [0, 0.05) is 17.7 Å². The van der Waals surface area contributed by atoms with Gasteiger partial charge in [-0.25, -0.2) is 0 Å². The molecule has 1 aromatic rings. The van der Waals surface area contributed by atoms with Crippen molar-refractivity contribution in [3.63, 3.8) is 0 Å². The molecule has 0 heterocycles. The van der Waals surface area contributed by atoms with Crippen LogP contribution in [0, 0.1) is 10.1 Å². The van der Waals surface area contributed by atoms with Crippen molar-refractivity contribution >= 4 is 21.7 Å². The molecular weight excluding hydrogens is 264 g/mol. The van der Waals surface area contributed by atoms with Crippen LogP contribution in [0.25, 0.3) is 0 Å². The van der Waals surface area contributed by atoms with Crippen LogP contribution in [-0.2, 0) is 10.1 Å². The van der Waals surface area contributed by atoms with Gasteiger partial charge in [-0.1, -0.05) is 0 Å². The third-order valence-corrected chi connectivity index (χ3v) is 3.13. The third kappa shape index (κ3) is 3.50. The molecule has 18 heavy (non-hydrogen) atoms. The lowest BCUT2D eigenvalue weighted by molar-refractivity contribution is -0.384. The lowest BCUT2D eigenvalue weighted by Gasteiger charge is -2.10. The Labute approximate surface area is 103 Å². The summed E-state index contributed by atoms with van der Waals surface area (Å²) in [6.45, 7) is 1.10. The predicted molar refractivity (Wildman–Crippen MR) is 61.6 cm³/mol. The maximum absolute atomic E-state index is 11.5. The summed E-state index contributed by atoms with van der Waals surface area (Å²) in [4.78, 5) is 21.3.